The van der Waals surface area contributed by atoms with Gasteiger partial charge in [0.15, 0.2) is 0 Å². The topological polar surface area (TPSA) is 72.7 Å². The van der Waals surface area contributed by atoms with Gasteiger partial charge in [-0.25, -0.2) is 0 Å². The van der Waals surface area contributed by atoms with Gasteiger partial charge in [0.2, 0.25) is 0 Å². The van der Waals surface area contributed by atoms with Crippen LogP contribution in [-0.2, 0) is 0 Å². The first-order valence-electron chi connectivity index (χ1n) is 6.23. The Morgan fingerprint density at radius 3 is 2.82 bits per heavy atom. The molecule has 0 unspecified atom stereocenters. The Labute approximate surface area is 139 Å². The fourth-order valence-electron chi connectivity index (χ4n) is 1.92. The summed E-state index contributed by atoms with van der Waals surface area (Å²) in [7, 11) is 0. The molecular formula is C14H9BrClN5O. The van der Waals surface area contributed by atoms with Crippen molar-refractivity contribution in [3.8, 4) is 5.69 Å². The number of hydrogen-bond acceptors (Lipinski definition) is 4. The standard InChI is InChI=1S/C14H9BrClN5O/c15-9-2-1-3-11(6-9)18-14(22)12-5-4-10(16)7-13(12)21-8-17-19-20-21/h1-8H,(H,18,22). The van der Waals surface area contributed by atoms with E-state index in [1.165, 1.54) is 11.0 Å². The average Bonchev–Trinajstić information content (AvgIpc) is 3.01. The third kappa shape index (κ3) is 3.15. The van der Waals surface area contributed by atoms with Crippen LogP contribution in [0.15, 0.2) is 53.3 Å². The monoisotopic (exact) mass is 377 g/mol. The molecule has 6 nitrogen and oxygen atoms in total. The smallest absolute Gasteiger partial charge is 0.257 e. The van der Waals surface area contributed by atoms with Crippen molar-refractivity contribution < 1.29 is 4.79 Å². The third-order valence-electron chi connectivity index (χ3n) is 2.88. The second-order valence-electron chi connectivity index (χ2n) is 4.38. The SMILES string of the molecule is O=C(Nc1cccc(Br)c1)c1ccc(Cl)cc1-n1cnnn1. The Morgan fingerprint density at radius 1 is 1.23 bits per heavy atom. The first kappa shape index (κ1) is 14.7. The van der Waals surface area contributed by atoms with Gasteiger partial charge in [0.05, 0.1) is 11.3 Å². The van der Waals surface area contributed by atoms with Crippen LogP contribution in [0.3, 0.4) is 0 Å². The normalized spacial score (nSPS) is 10.5. The molecule has 3 aromatic rings. The molecule has 0 spiro atoms. The van der Waals surface area contributed by atoms with Crippen LogP contribution in [0.4, 0.5) is 5.69 Å². The molecule has 0 fully saturated rings. The summed E-state index contributed by atoms with van der Waals surface area (Å²) in [5.74, 6) is -0.278. The lowest BCUT2D eigenvalue weighted by Gasteiger charge is -2.10. The maximum Gasteiger partial charge on any atom is 0.257 e. The van der Waals surface area contributed by atoms with Crippen LogP contribution in [0.1, 0.15) is 10.4 Å². The quantitative estimate of drug-likeness (QED) is 0.759. The highest BCUT2D eigenvalue weighted by molar-refractivity contribution is 9.10. The molecule has 1 heterocycles. The minimum Gasteiger partial charge on any atom is -0.322 e. The predicted octanol–water partition coefficient (Wildman–Crippen LogP) is 3.33. The number of rotatable bonds is 3. The van der Waals surface area contributed by atoms with Crippen LogP contribution in [0.25, 0.3) is 5.69 Å². The van der Waals surface area contributed by atoms with E-state index >= 15 is 0 Å². The van der Waals surface area contributed by atoms with Crippen molar-refractivity contribution in [2.45, 2.75) is 0 Å². The van der Waals surface area contributed by atoms with E-state index in [1.54, 1.807) is 24.3 Å². The van der Waals surface area contributed by atoms with E-state index in [9.17, 15) is 4.79 Å². The van der Waals surface area contributed by atoms with Crippen LogP contribution < -0.4 is 5.32 Å². The molecule has 0 saturated carbocycles. The van der Waals surface area contributed by atoms with Gasteiger partial charge in [-0.15, -0.1) is 5.10 Å². The number of tetrazole rings is 1. The zero-order valence-electron chi connectivity index (χ0n) is 11.1. The molecule has 2 aromatic carbocycles. The number of nitrogens with one attached hydrogen (secondary N) is 1. The molecule has 0 saturated heterocycles. The number of carbonyl (C=O) groups is 1. The summed E-state index contributed by atoms with van der Waals surface area (Å²) in [5.41, 5.74) is 1.60. The van der Waals surface area contributed by atoms with Gasteiger partial charge in [-0.05, 0) is 46.8 Å². The van der Waals surface area contributed by atoms with Crippen molar-refractivity contribution in [3.63, 3.8) is 0 Å². The van der Waals surface area contributed by atoms with Gasteiger partial charge in [-0.3, -0.25) is 4.79 Å². The number of carbonyl (C=O) groups excluding carboxylic acids is 1. The average molecular weight is 379 g/mol. The van der Waals surface area contributed by atoms with Crippen LogP contribution in [0, 0.1) is 0 Å². The van der Waals surface area contributed by atoms with E-state index in [0.29, 0.717) is 22.0 Å². The zero-order valence-corrected chi connectivity index (χ0v) is 13.4. The van der Waals surface area contributed by atoms with Crippen LogP contribution in [-0.4, -0.2) is 26.1 Å². The lowest BCUT2D eigenvalue weighted by Crippen LogP contribution is -2.15. The number of hydrogen-bond donors (Lipinski definition) is 1. The van der Waals surface area contributed by atoms with Crippen molar-refractivity contribution in [1.82, 2.24) is 20.2 Å². The lowest BCUT2D eigenvalue weighted by atomic mass is 10.1. The summed E-state index contributed by atoms with van der Waals surface area (Å²) >= 11 is 9.36. The van der Waals surface area contributed by atoms with Gasteiger partial charge in [-0.2, -0.15) is 4.68 Å². The van der Waals surface area contributed by atoms with Crippen LogP contribution >= 0.6 is 27.5 Å². The number of anilines is 1. The maximum absolute atomic E-state index is 12.5. The molecule has 1 N–H and O–H groups in total. The zero-order chi connectivity index (χ0) is 15.5. The molecule has 3 rings (SSSR count). The predicted molar refractivity (Wildman–Crippen MR) is 86.3 cm³/mol. The van der Waals surface area contributed by atoms with Gasteiger partial charge < -0.3 is 5.32 Å². The molecule has 0 radical (unpaired) electrons. The Bertz CT molecular complexity index is 822. The number of halogens is 2. The van der Waals surface area contributed by atoms with Gasteiger partial charge in [0.1, 0.15) is 6.33 Å². The van der Waals surface area contributed by atoms with Gasteiger partial charge >= 0.3 is 0 Å². The fourth-order valence-corrected chi connectivity index (χ4v) is 2.49. The summed E-state index contributed by atoms with van der Waals surface area (Å²) in [6.07, 6.45) is 1.40. The summed E-state index contributed by atoms with van der Waals surface area (Å²) < 4.78 is 2.27. The fraction of sp³-hybridized carbons (Fsp3) is 0. The Balaban J connectivity index is 1.96. The van der Waals surface area contributed by atoms with Gasteiger partial charge in [0, 0.05) is 15.2 Å². The molecule has 0 aliphatic carbocycles. The number of aromatic nitrogens is 4. The van der Waals surface area contributed by atoms with E-state index in [1.807, 2.05) is 18.2 Å². The molecule has 22 heavy (non-hydrogen) atoms. The summed E-state index contributed by atoms with van der Waals surface area (Å²) in [6.45, 7) is 0. The lowest BCUT2D eigenvalue weighted by molar-refractivity contribution is 0.102. The molecule has 0 aliphatic rings. The van der Waals surface area contributed by atoms with E-state index in [0.717, 1.165) is 4.47 Å². The Kier molecular flexibility index (Phi) is 4.17. The van der Waals surface area contributed by atoms with Crippen LogP contribution in [0.2, 0.25) is 5.02 Å². The summed E-state index contributed by atoms with van der Waals surface area (Å²) in [6, 6.07) is 12.2. The van der Waals surface area contributed by atoms with Gasteiger partial charge in [0.25, 0.3) is 5.91 Å². The minimum absolute atomic E-state index is 0.278. The van der Waals surface area contributed by atoms with Crippen molar-refractivity contribution in [1.29, 1.82) is 0 Å². The van der Waals surface area contributed by atoms with E-state index in [-0.39, 0.29) is 5.91 Å². The molecule has 1 amide bonds. The number of benzene rings is 2. The first-order valence-corrected chi connectivity index (χ1v) is 7.40. The highest BCUT2D eigenvalue weighted by Crippen LogP contribution is 2.21. The largest absolute Gasteiger partial charge is 0.322 e. The second kappa shape index (κ2) is 6.25. The molecule has 8 heteroatoms. The van der Waals surface area contributed by atoms with Crippen molar-refractivity contribution in [3.05, 3.63) is 63.9 Å². The molecule has 0 atom stereocenters. The Morgan fingerprint density at radius 2 is 2.09 bits per heavy atom. The van der Waals surface area contributed by atoms with Crippen molar-refractivity contribution >= 4 is 39.1 Å². The van der Waals surface area contributed by atoms with Crippen molar-refractivity contribution in [2.24, 2.45) is 0 Å². The summed E-state index contributed by atoms with van der Waals surface area (Å²) in [5, 5.41) is 14.3. The first-order chi connectivity index (χ1) is 10.6. The summed E-state index contributed by atoms with van der Waals surface area (Å²) in [4.78, 5) is 12.5. The number of amides is 1. The second-order valence-corrected chi connectivity index (χ2v) is 5.73. The molecule has 0 aliphatic heterocycles. The van der Waals surface area contributed by atoms with E-state index in [4.69, 9.17) is 11.6 Å². The van der Waals surface area contributed by atoms with E-state index in [2.05, 4.69) is 36.8 Å². The van der Waals surface area contributed by atoms with E-state index < -0.39 is 0 Å². The Hall–Kier alpha value is -2.25. The molecule has 110 valence electrons. The highest BCUT2D eigenvalue weighted by Gasteiger charge is 2.14. The minimum atomic E-state index is -0.278. The van der Waals surface area contributed by atoms with Crippen molar-refractivity contribution in [2.75, 3.05) is 5.32 Å². The molecule has 0 bridgehead atoms. The number of nitrogens with zero attached hydrogens (tertiary/aromatic N) is 4. The third-order valence-corrected chi connectivity index (χ3v) is 3.61. The van der Waals surface area contributed by atoms with Crippen LogP contribution in [0.5, 0.6) is 0 Å². The maximum atomic E-state index is 12.5. The molecule has 1 aromatic heterocycles. The highest BCUT2D eigenvalue weighted by atomic mass is 79.9. The van der Waals surface area contributed by atoms with Gasteiger partial charge in [-0.1, -0.05) is 33.6 Å². The molecular weight excluding hydrogens is 370 g/mol.